The Bertz CT molecular complexity index is 998. The number of halogens is 1. The molecule has 0 aliphatic heterocycles. The lowest BCUT2D eigenvalue weighted by Crippen LogP contribution is -2.36. The van der Waals surface area contributed by atoms with Gasteiger partial charge in [0.05, 0.1) is 25.2 Å². The Morgan fingerprint density at radius 3 is 2.42 bits per heavy atom. The zero-order valence-corrected chi connectivity index (χ0v) is 18.8. The number of likely N-dealkylation sites (N-methyl/N-ethyl adjacent to an activating group) is 1. The molecule has 2 N–H and O–H groups in total. The highest BCUT2D eigenvalue weighted by Crippen LogP contribution is 2.29. The fraction of sp³-hybridized carbons (Fsp3) is 0.381. The normalized spacial score (nSPS) is 12.5. The second-order valence-electron chi connectivity index (χ2n) is 7.00. The third-order valence-corrected chi connectivity index (χ3v) is 6.12. The van der Waals surface area contributed by atoms with E-state index >= 15 is 0 Å². The summed E-state index contributed by atoms with van der Waals surface area (Å²) in [5, 5.41) is 2.77. The minimum atomic E-state index is -3.82. The number of nitrogens with one attached hydrogen (secondary N) is 2. The van der Waals surface area contributed by atoms with Crippen LogP contribution in [0.3, 0.4) is 0 Å². The Kier molecular flexibility index (Phi) is 8.78. The Balaban J connectivity index is 1.91. The molecule has 1 unspecified atom stereocenters. The smallest absolute Gasteiger partial charge is 0.240 e. The minimum Gasteiger partial charge on any atom is -0.493 e. The van der Waals surface area contributed by atoms with Crippen molar-refractivity contribution in [2.45, 2.75) is 17.4 Å². The van der Waals surface area contributed by atoms with E-state index in [0.717, 1.165) is 5.56 Å². The molecular weight excluding hydrogens is 425 g/mol. The summed E-state index contributed by atoms with van der Waals surface area (Å²) < 4.78 is 51.1. The Hall–Kier alpha value is -2.69. The van der Waals surface area contributed by atoms with Crippen molar-refractivity contribution in [3.63, 3.8) is 0 Å². The minimum absolute atomic E-state index is 0.00401. The number of ether oxygens (including phenoxy) is 2. The summed E-state index contributed by atoms with van der Waals surface area (Å²) in [4.78, 5) is 14.1. The number of benzene rings is 2. The molecule has 10 heteroatoms. The van der Waals surface area contributed by atoms with Crippen LogP contribution < -0.4 is 19.5 Å². The van der Waals surface area contributed by atoms with Gasteiger partial charge in [0.1, 0.15) is 5.82 Å². The summed E-state index contributed by atoms with van der Waals surface area (Å²) in [6.07, 6.45) is -0.0458. The summed E-state index contributed by atoms with van der Waals surface area (Å²) in [7, 11) is 2.71. The second kappa shape index (κ2) is 11.1. The number of hydrogen-bond donors (Lipinski definition) is 2. The average Bonchev–Trinajstić information content (AvgIpc) is 2.73. The van der Waals surface area contributed by atoms with Gasteiger partial charge in [-0.1, -0.05) is 12.1 Å². The van der Waals surface area contributed by atoms with Crippen LogP contribution in [-0.4, -0.2) is 60.6 Å². The maximum atomic E-state index is 13.5. The standard InChI is InChI=1S/C21H28FN3O5S/c1-25(2)18(15-6-5-7-16(22)12-15)14-23-21(26)10-11-24-31(27,28)17-8-9-19(29-3)20(13-17)30-4/h5-9,12-13,18,24H,10-11,14H2,1-4H3,(H,23,26). The van der Waals surface area contributed by atoms with E-state index in [9.17, 15) is 17.6 Å². The molecule has 0 spiro atoms. The molecule has 0 heterocycles. The third kappa shape index (κ3) is 6.91. The zero-order chi connectivity index (χ0) is 23.0. The molecule has 1 amide bonds. The summed E-state index contributed by atoms with van der Waals surface area (Å²) in [6, 6.07) is 10.2. The van der Waals surface area contributed by atoms with E-state index in [-0.39, 0.29) is 47.9 Å². The summed E-state index contributed by atoms with van der Waals surface area (Å²) in [5.41, 5.74) is 0.736. The maximum Gasteiger partial charge on any atom is 0.240 e. The second-order valence-corrected chi connectivity index (χ2v) is 8.77. The SMILES string of the molecule is COc1ccc(S(=O)(=O)NCCC(=O)NCC(c2cccc(F)c2)N(C)C)cc1OC. The molecule has 170 valence electrons. The molecule has 0 aliphatic rings. The first kappa shape index (κ1) is 24.6. The quantitative estimate of drug-likeness (QED) is 0.540. The van der Waals surface area contributed by atoms with Gasteiger partial charge in [-0.15, -0.1) is 0 Å². The Morgan fingerprint density at radius 2 is 1.81 bits per heavy atom. The van der Waals surface area contributed by atoms with Crippen molar-refractivity contribution in [3.05, 3.63) is 53.8 Å². The topological polar surface area (TPSA) is 97.0 Å². The molecule has 0 saturated carbocycles. The van der Waals surface area contributed by atoms with E-state index in [1.165, 1.54) is 44.6 Å². The van der Waals surface area contributed by atoms with Crippen LogP contribution in [0.25, 0.3) is 0 Å². The van der Waals surface area contributed by atoms with E-state index in [1.807, 2.05) is 19.0 Å². The highest BCUT2D eigenvalue weighted by Gasteiger charge is 2.18. The molecule has 8 nitrogen and oxygen atoms in total. The van der Waals surface area contributed by atoms with Crippen LogP contribution in [0.5, 0.6) is 11.5 Å². The van der Waals surface area contributed by atoms with Gasteiger partial charge < -0.3 is 19.7 Å². The Labute approximate surface area is 182 Å². The van der Waals surface area contributed by atoms with Crippen LogP contribution in [-0.2, 0) is 14.8 Å². The number of sulfonamides is 1. The molecule has 2 rings (SSSR count). The Morgan fingerprint density at radius 1 is 1.10 bits per heavy atom. The van der Waals surface area contributed by atoms with Crippen molar-refractivity contribution in [2.24, 2.45) is 0 Å². The molecule has 0 aliphatic carbocycles. The maximum absolute atomic E-state index is 13.5. The van der Waals surface area contributed by atoms with Crippen molar-refractivity contribution in [2.75, 3.05) is 41.4 Å². The predicted molar refractivity (Wildman–Crippen MR) is 115 cm³/mol. The van der Waals surface area contributed by atoms with Crippen molar-refractivity contribution >= 4 is 15.9 Å². The molecule has 0 aromatic heterocycles. The van der Waals surface area contributed by atoms with E-state index < -0.39 is 10.0 Å². The van der Waals surface area contributed by atoms with Crippen LogP contribution >= 0.6 is 0 Å². The van der Waals surface area contributed by atoms with Crippen LogP contribution in [0.4, 0.5) is 4.39 Å². The number of carbonyl (C=O) groups excluding carboxylic acids is 1. The predicted octanol–water partition coefficient (Wildman–Crippen LogP) is 1.93. The van der Waals surface area contributed by atoms with Crippen molar-refractivity contribution in [1.82, 2.24) is 14.9 Å². The summed E-state index contributed by atoms with van der Waals surface area (Å²) in [5.74, 6) is 0.0308. The van der Waals surface area contributed by atoms with Crippen LogP contribution in [0.1, 0.15) is 18.0 Å². The molecule has 2 aromatic carbocycles. The average molecular weight is 454 g/mol. The molecule has 0 saturated heterocycles. The third-order valence-electron chi connectivity index (χ3n) is 4.66. The van der Waals surface area contributed by atoms with Gasteiger partial charge in [0.2, 0.25) is 15.9 Å². The molecule has 0 radical (unpaired) electrons. The van der Waals surface area contributed by atoms with Gasteiger partial charge in [-0.05, 0) is 43.9 Å². The lowest BCUT2D eigenvalue weighted by atomic mass is 10.1. The molecule has 0 bridgehead atoms. The first-order valence-electron chi connectivity index (χ1n) is 9.58. The van der Waals surface area contributed by atoms with Gasteiger partial charge in [-0.2, -0.15) is 0 Å². The number of carbonyl (C=O) groups is 1. The lowest BCUT2D eigenvalue weighted by molar-refractivity contribution is -0.121. The van der Waals surface area contributed by atoms with Crippen LogP contribution in [0.15, 0.2) is 47.4 Å². The molecule has 31 heavy (non-hydrogen) atoms. The number of nitrogens with zero attached hydrogens (tertiary/aromatic N) is 1. The zero-order valence-electron chi connectivity index (χ0n) is 18.0. The van der Waals surface area contributed by atoms with Gasteiger partial charge in [0, 0.05) is 25.6 Å². The summed E-state index contributed by atoms with van der Waals surface area (Å²) in [6.45, 7) is 0.187. The van der Waals surface area contributed by atoms with Gasteiger partial charge in [-0.25, -0.2) is 17.5 Å². The summed E-state index contributed by atoms with van der Waals surface area (Å²) >= 11 is 0. The molecule has 1 atom stereocenters. The van der Waals surface area contributed by atoms with Gasteiger partial charge in [0.15, 0.2) is 11.5 Å². The van der Waals surface area contributed by atoms with Gasteiger partial charge >= 0.3 is 0 Å². The molecule has 2 aromatic rings. The van der Waals surface area contributed by atoms with E-state index in [4.69, 9.17) is 9.47 Å². The lowest BCUT2D eigenvalue weighted by Gasteiger charge is -2.25. The number of methoxy groups -OCH3 is 2. The van der Waals surface area contributed by atoms with Crippen LogP contribution in [0.2, 0.25) is 0 Å². The number of hydrogen-bond acceptors (Lipinski definition) is 6. The van der Waals surface area contributed by atoms with E-state index in [2.05, 4.69) is 10.0 Å². The first-order valence-corrected chi connectivity index (χ1v) is 11.1. The van der Waals surface area contributed by atoms with Crippen molar-refractivity contribution < 1.29 is 27.1 Å². The monoisotopic (exact) mass is 453 g/mol. The highest BCUT2D eigenvalue weighted by molar-refractivity contribution is 7.89. The largest absolute Gasteiger partial charge is 0.493 e. The highest BCUT2D eigenvalue weighted by atomic mass is 32.2. The van der Waals surface area contributed by atoms with Crippen molar-refractivity contribution in [3.8, 4) is 11.5 Å². The van der Waals surface area contributed by atoms with E-state index in [1.54, 1.807) is 12.1 Å². The first-order chi connectivity index (χ1) is 14.7. The van der Waals surface area contributed by atoms with Gasteiger partial charge in [-0.3, -0.25) is 4.79 Å². The fourth-order valence-electron chi connectivity index (χ4n) is 2.98. The van der Waals surface area contributed by atoms with Crippen molar-refractivity contribution in [1.29, 1.82) is 0 Å². The van der Waals surface area contributed by atoms with Gasteiger partial charge in [0.25, 0.3) is 0 Å². The van der Waals surface area contributed by atoms with E-state index in [0.29, 0.717) is 5.75 Å². The van der Waals surface area contributed by atoms with Crippen LogP contribution in [0, 0.1) is 5.82 Å². The number of amides is 1. The fourth-order valence-corrected chi connectivity index (χ4v) is 4.02. The number of rotatable bonds is 11. The molecular formula is C21H28FN3O5S. The molecule has 0 fully saturated rings.